The highest BCUT2D eigenvalue weighted by molar-refractivity contribution is 6.31. The number of hydrogen-bond donors (Lipinski definition) is 2. The van der Waals surface area contributed by atoms with Crippen molar-refractivity contribution < 1.29 is 0 Å². The van der Waals surface area contributed by atoms with Crippen LogP contribution >= 0.6 is 11.6 Å². The Balaban J connectivity index is 1.67. The Morgan fingerprint density at radius 2 is 1.78 bits per heavy atom. The summed E-state index contributed by atoms with van der Waals surface area (Å²) in [4.78, 5) is 8.70. The number of anilines is 3. The Hall–Kier alpha value is -2.59. The van der Waals surface area contributed by atoms with E-state index in [2.05, 4.69) is 27.5 Å². The van der Waals surface area contributed by atoms with Crippen LogP contribution in [0.4, 0.5) is 17.5 Å². The first-order chi connectivity index (χ1) is 11.2. The molecule has 116 valence electrons. The normalized spacial score (nSPS) is 10.3. The van der Waals surface area contributed by atoms with Gasteiger partial charge in [-0.25, -0.2) is 4.98 Å². The molecule has 1 heterocycles. The van der Waals surface area contributed by atoms with Crippen LogP contribution in [0.25, 0.3) is 0 Å². The maximum atomic E-state index is 6.16. The lowest BCUT2D eigenvalue weighted by Gasteiger charge is -2.09. The van der Waals surface area contributed by atoms with Crippen molar-refractivity contribution in [1.29, 1.82) is 0 Å². The molecule has 0 amide bonds. The van der Waals surface area contributed by atoms with Crippen LogP contribution in [0, 0.1) is 6.92 Å². The molecule has 23 heavy (non-hydrogen) atoms. The van der Waals surface area contributed by atoms with Gasteiger partial charge in [-0.2, -0.15) is 4.98 Å². The van der Waals surface area contributed by atoms with Gasteiger partial charge in [0, 0.05) is 23.5 Å². The fourth-order valence-electron chi connectivity index (χ4n) is 2.11. The molecule has 0 radical (unpaired) electrons. The second-order valence-electron chi connectivity index (χ2n) is 5.20. The first-order valence-electron chi connectivity index (χ1n) is 7.35. The lowest BCUT2D eigenvalue weighted by atomic mass is 10.2. The monoisotopic (exact) mass is 324 g/mol. The van der Waals surface area contributed by atoms with E-state index in [1.165, 1.54) is 5.56 Å². The fourth-order valence-corrected chi connectivity index (χ4v) is 2.31. The predicted octanol–water partition coefficient (Wildman–Crippen LogP) is 4.79. The smallest absolute Gasteiger partial charge is 0.229 e. The van der Waals surface area contributed by atoms with E-state index in [0.717, 1.165) is 22.1 Å². The van der Waals surface area contributed by atoms with Crippen LogP contribution in [0.1, 0.15) is 11.1 Å². The summed E-state index contributed by atoms with van der Waals surface area (Å²) in [6.07, 6.45) is 1.72. The third-order valence-corrected chi connectivity index (χ3v) is 3.75. The minimum Gasteiger partial charge on any atom is -0.366 e. The molecule has 0 bridgehead atoms. The molecule has 3 aromatic rings. The van der Waals surface area contributed by atoms with Gasteiger partial charge in [-0.15, -0.1) is 0 Å². The van der Waals surface area contributed by atoms with Gasteiger partial charge in [0.25, 0.3) is 0 Å². The SMILES string of the molecule is Cc1ccc(Nc2nccc(NCc3ccccc3Cl)n2)cc1. The Bertz CT molecular complexity index is 787. The summed E-state index contributed by atoms with van der Waals surface area (Å²) in [6, 6.07) is 17.7. The molecule has 5 heteroatoms. The van der Waals surface area contributed by atoms with Gasteiger partial charge < -0.3 is 10.6 Å². The second-order valence-corrected chi connectivity index (χ2v) is 5.61. The van der Waals surface area contributed by atoms with Gasteiger partial charge in [0.1, 0.15) is 5.82 Å². The van der Waals surface area contributed by atoms with Crippen molar-refractivity contribution in [1.82, 2.24) is 9.97 Å². The van der Waals surface area contributed by atoms with Crippen molar-refractivity contribution in [2.45, 2.75) is 13.5 Å². The van der Waals surface area contributed by atoms with E-state index >= 15 is 0 Å². The first kappa shape index (κ1) is 15.3. The molecule has 0 atom stereocenters. The summed E-state index contributed by atoms with van der Waals surface area (Å²) in [5, 5.41) is 7.20. The topological polar surface area (TPSA) is 49.8 Å². The lowest BCUT2D eigenvalue weighted by Crippen LogP contribution is -2.04. The van der Waals surface area contributed by atoms with Gasteiger partial charge in [0.15, 0.2) is 0 Å². The maximum Gasteiger partial charge on any atom is 0.229 e. The third-order valence-electron chi connectivity index (χ3n) is 3.38. The van der Waals surface area contributed by atoms with Crippen LogP contribution in [0.15, 0.2) is 60.8 Å². The van der Waals surface area contributed by atoms with Gasteiger partial charge in [-0.1, -0.05) is 47.5 Å². The molecular weight excluding hydrogens is 308 g/mol. The molecule has 4 nitrogen and oxygen atoms in total. The third kappa shape index (κ3) is 4.20. The van der Waals surface area contributed by atoms with Gasteiger partial charge in [0.05, 0.1) is 0 Å². The summed E-state index contributed by atoms with van der Waals surface area (Å²) >= 11 is 6.16. The predicted molar refractivity (Wildman–Crippen MR) is 95.3 cm³/mol. The zero-order chi connectivity index (χ0) is 16.1. The Labute approximate surface area is 140 Å². The van der Waals surface area contributed by atoms with Crippen molar-refractivity contribution in [3.05, 3.63) is 76.9 Å². The molecule has 0 aliphatic rings. The number of halogens is 1. The van der Waals surface area contributed by atoms with E-state index in [0.29, 0.717) is 12.5 Å². The summed E-state index contributed by atoms with van der Waals surface area (Å²) < 4.78 is 0. The van der Waals surface area contributed by atoms with Crippen molar-refractivity contribution in [2.24, 2.45) is 0 Å². The minimum atomic E-state index is 0.554. The van der Waals surface area contributed by atoms with E-state index in [-0.39, 0.29) is 0 Å². The fraction of sp³-hybridized carbons (Fsp3) is 0.111. The summed E-state index contributed by atoms with van der Waals surface area (Å²) in [5.41, 5.74) is 3.20. The number of hydrogen-bond acceptors (Lipinski definition) is 4. The van der Waals surface area contributed by atoms with Crippen LogP contribution in [-0.2, 0) is 6.54 Å². The van der Waals surface area contributed by atoms with E-state index in [4.69, 9.17) is 11.6 Å². The van der Waals surface area contributed by atoms with E-state index in [9.17, 15) is 0 Å². The standard InChI is InChI=1S/C18H17ClN4/c1-13-6-8-15(9-7-13)22-18-20-11-10-17(23-18)21-12-14-4-2-3-5-16(14)19/h2-11H,12H2,1H3,(H2,20,21,22,23). The number of aromatic nitrogens is 2. The average Bonchev–Trinajstić information content (AvgIpc) is 2.57. The molecule has 0 saturated heterocycles. The molecule has 0 unspecified atom stereocenters. The highest BCUT2D eigenvalue weighted by Gasteiger charge is 2.02. The first-order valence-corrected chi connectivity index (χ1v) is 7.72. The lowest BCUT2D eigenvalue weighted by molar-refractivity contribution is 1.08. The number of nitrogens with one attached hydrogen (secondary N) is 2. The molecule has 0 saturated carbocycles. The molecule has 2 N–H and O–H groups in total. The summed E-state index contributed by atoms with van der Waals surface area (Å²) in [5.74, 6) is 1.30. The molecule has 0 aliphatic heterocycles. The quantitative estimate of drug-likeness (QED) is 0.708. The van der Waals surface area contributed by atoms with Crippen LogP contribution in [0.5, 0.6) is 0 Å². The van der Waals surface area contributed by atoms with E-state index in [1.807, 2.05) is 54.6 Å². The van der Waals surface area contributed by atoms with Crippen LogP contribution in [0.3, 0.4) is 0 Å². The number of rotatable bonds is 5. The Kier molecular flexibility index (Phi) is 4.74. The average molecular weight is 325 g/mol. The minimum absolute atomic E-state index is 0.554. The van der Waals surface area contributed by atoms with Crippen molar-refractivity contribution in [3.63, 3.8) is 0 Å². The molecule has 3 rings (SSSR count). The number of nitrogens with zero attached hydrogens (tertiary/aromatic N) is 2. The van der Waals surface area contributed by atoms with Crippen molar-refractivity contribution in [2.75, 3.05) is 10.6 Å². The van der Waals surface area contributed by atoms with Gasteiger partial charge in [0.2, 0.25) is 5.95 Å². The zero-order valence-electron chi connectivity index (χ0n) is 12.8. The molecule has 2 aromatic carbocycles. The highest BCUT2D eigenvalue weighted by Crippen LogP contribution is 2.18. The molecule has 0 spiro atoms. The maximum absolute atomic E-state index is 6.16. The second kappa shape index (κ2) is 7.11. The highest BCUT2D eigenvalue weighted by atomic mass is 35.5. The van der Waals surface area contributed by atoms with Gasteiger partial charge in [-0.3, -0.25) is 0 Å². The van der Waals surface area contributed by atoms with Gasteiger partial charge >= 0.3 is 0 Å². The van der Waals surface area contributed by atoms with Crippen molar-refractivity contribution >= 4 is 29.1 Å². The summed E-state index contributed by atoms with van der Waals surface area (Å²) in [7, 11) is 0. The van der Waals surface area contributed by atoms with Crippen LogP contribution in [0.2, 0.25) is 5.02 Å². The van der Waals surface area contributed by atoms with E-state index in [1.54, 1.807) is 6.20 Å². The molecule has 0 fully saturated rings. The Morgan fingerprint density at radius 3 is 2.57 bits per heavy atom. The van der Waals surface area contributed by atoms with Gasteiger partial charge in [-0.05, 0) is 36.8 Å². The number of aryl methyl sites for hydroxylation is 1. The summed E-state index contributed by atoms with van der Waals surface area (Å²) in [6.45, 7) is 2.67. The van der Waals surface area contributed by atoms with E-state index < -0.39 is 0 Å². The van der Waals surface area contributed by atoms with Crippen LogP contribution in [-0.4, -0.2) is 9.97 Å². The molecule has 1 aromatic heterocycles. The van der Waals surface area contributed by atoms with Crippen molar-refractivity contribution in [3.8, 4) is 0 Å². The largest absolute Gasteiger partial charge is 0.366 e. The molecular formula is C18H17ClN4. The molecule has 0 aliphatic carbocycles. The Morgan fingerprint density at radius 1 is 1.00 bits per heavy atom. The van der Waals surface area contributed by atoms with Crippen LogP contribution < -0.4 is 10.6 Å². The zero-order valence-corrected chi connectivity index (χ0v) is 13.5. The number of benzene rings is 2.